The van der Waals surface area contributed by atoms with Gasteiger partial charge in [-0.25, -0.2) is 24.3 Å². The van der Waals surface area contributed by atoms with E-state index in [1.165, 1.54) is 6.42 Å². The summed E-state index contributed by atoms with van der Waals surface area (Å²) in [6.07, 6.45) is 2.28. The van der Waals surface area contributed by atoms with Gasteiger partial charge >= 0.3 is 37.9 Å². The van der Waals surface area contributed by atoms with Crippen LogP contribution in [0.3, 0.4) is 0 Å². The van der Waals surface area contributed by atoms with Crippen molar-refractivity contribution >= 4 is 17.0 Å². The Morgan fingerprint density at radius 3 is 1.24 bits per heavy atom. The molecule has 2 aromatic rings. The third-order valence-electron chi connectivity index (χ3n) is 1.46. The maximum absolute atomic E-state index is 4.93. The van der Waals surface area contributed by atoms with Crippen LogP contribution >= 0.6 is 17.0 Å². The van der Waals surface area contributed by atoms with Gasteiger partial charge in [0, 0.05) is 0 Å². The first-order valence-electron chi connectivity index (χ1n) is 5.42. The van der Waals surface area contributed by atoms with Gasteiger partial charge in [-0.05, 0) is 0 Å². The molecule has 0 aliphatic rings. The van der Waals surface area contributed by atoms with Crippen molar-refractivity contribution in [2.45, 2.75) is 19.8 Å². The van der Waals surface area contributed by atoms with Crippen LogP contribution in [-0.2, 0) is 20.8 Å². The second-order valence-electron chi connectivity index (χ2n) is 2.85. The van der Waals surface area contributed by atoms with E-state index in [0.717, 1.165) is 6.42 Å². The second-order valence-corrected chi connectivity index (χ2v) is 6.58. The van der Waals surface area contributed by atoms with Crippen molar-refractivity contribution in [3.8, 4) is 0 Å². The van der Waals surface area contributed by atoms with Crippen LogP contribution in [0.15, 0.2) is 60.7 Å². The predicted octanol–water partition coefficient (Wildman–Crippen LogP) is 5.81. The number of hydrogen-bond acceptors (Lipinski definition) is 0. The van der Waals surface area contributed by atoms with Crippen LogP contribution in [0.2, 0.25) is 0 Å². The van der Waals surface area contributed by atoms with Gasteiger partial charge in [0.2, 0.25) is 0 Å². The molecule has 0 aliphatic carbocycles. The van der Waals surface area contributed by atoms with E-state index in [1.54, 1.807) is 0 Å². The average Bonchev–Trinajstić information content (AvgIpc) is 3.06. The molecular formula is C14H19Cl2Zr-3. The molecule has 0 saturated carbocycles. The molecule has 0 fully saturated rings. The van der Waals surface area contributed by atoms with E-state index in [0.29, 0.717) is 0 Å². The molecule has 0 aromatic heterocycles. The number of rotatable bonds is 1. The van der Waals surface area contributed by atoms with Crippen LogP contribution in [0.1, 0.15) is 19.8 Å². The molecule has 0 spiro atoms. The minimum Gasteiger partial charge on any atom is -0.214 e. The van der Waals surface area contributed by atoms with Crippen LogP contribution in [-0.4, -0.2) is 0 Å². The Morgan fingerprint density at radius 1 is 0.941 bits per heavy atom. The van der Waals surface area contributed by atoms with Crippen molar-refractivity contribution in [3.63, 3.8) is 0 Å². The van der Waals surface area contributed by atoms with Gasteiger partial charge in [0.1, 0.15) is 0 Å². The van der Waals surface area contributed by atoms with Gasteiger partial charge in [0.25, 0.3) is 0 Å². The minimum absolute atomic E-state index is 0.826. The number of unbranched alkanes of at least 4 members (excludes halogenated alkanes) is 1. The zero-order valence-electron chi connectivity index (χ0n) is 10.2. The molecule has 3 heteroatoms. The third-order valence-corrected chi connectivity index (χ3v) is 1.46. The zero-order chi connectivity index (χ0) is 13.2. The molecule has 0 saturated heterocycles. The van der Waals surface area contributed by atoms with Crippen molar-refractivity contribution in [1.82, 2.24) is 0 Å². The molecule has 2 aromatic carbocycles. The van der Waals surface area contributed by atoms with Gasteiger partial charge in [-0.15, -0.1) is 0 Å². The quantitative estimate of drug-likeness (QED) is 0.570. The maximum atomic E-state index is 4.93. The van der Waals surface area contributed by atoms with E-state index in [-0.39, 0.29) is 0 Å². The molecule has 0 radical (unpaired) electrons. The first kappa shape index (κ1) is 19.5. The monoisotopic (exact) mass is 347 g/mol. The van der Waals surface area contributed by atoms with Gasteiger partial charge in [0.15, 0.2) is 0 Å². The van der Waals surface area contributed by atoms with E-state index in [4.69, 9.17) is 17.0 Å². The van der Waals surface area contributed by atoms with E-state index in [1.807, 2.05) is 60.7 Å². The van der Waals surface area contributed by atoms with Crippen molar-refractivity contribution in [3.05, 3.63) is 67.6 Å². The summed E-state index contributed by atoms with van der Waals surface area (Å²) < 4.78 is 0. The van der Waals surface area contributed by atoms with Crippen molar-refractivity contribution in [2.75, 3.05) is 0 Å². The Balaban J connectivity index is 0. The summed E-state index contributed by atoms with van der Waals surface area (Å²) in [6.45, 7) is 5.72. The molecule has 96 valence electrons. The summed E-state index contributed by atoms with van der Waals surface area (Å²) in [7, 11) is 9.87. The molecule has 0 unspecified atom stereocenters. The van der Waals surface area contributed by atoms with E-state index in [2.05, 4.69) is 13.8 Å². The van der Waals surface area contributed by atoms with Gasteiger partial charge in [-0.3, -0.25) is 0 Å². The van der Waals surface area contributed by atoms with Gasteiger partial charge in [0.05, 0.1) is 0 Å². The topological polar surface area (TPSA) is 0 Å². The Kier molecular flexibility index (Phi) is 24.6. The number of hydrogen-bond donors (Lipinski definition) is 0. The molecule has 0 amide bonds. The summed E-state index contributed by atoms with van der Waals surface area (Å²) in [5.41, 5.74) is 0. The van der Waals surface area contributed by atoms with E-state index >= 15 is 0 Å². The maximum Gasteiger partial charge on any atom is -0.172 e. The Morgan fingerprint density at radius 2 is 1.18 bits per heavy atom. The third kappa shape index (κ3) is 26.0. The molecule has 17 heavy (non-hydrogen) atoms. The fraction of sp³-hybridized carbons (Fsp3) is 0.214. The summed E-state index contributed by atoms with van der Waals surface area (Å²) in [4.78, 5) is 0. The summed E-state index contributed by atoms with van der Waals surface area (Å²) in [5, 5.41) is 0. The normalized spacial score (nSPS) is 7.29. The molecule has 0 nitrogen and oxygen atoms in total. The van der Waals surface area contributed by atoms with Crippen LogP contribution < -0.4 is 0 Å². The van der Waals surface area contributed by atoms with Crippen LogP contribution in [0.25, 0.3) is 0 Å². The molecule has 0 aliphatic heterocycles. The molecule has 0 heterocycles. The predicted molar refractivity (Wildman–Crippen MR) is 76.0 cm³/mol. The Bertz CT molecular complexity index is 189. The minimum atomic E-state index is -0.826. The Labute approximate surface area is 124 Å². The molecule has 0 atom stereocenters. The SMILES string of the molecule is [CH2-]CCC.[Cl][Zr][Cl].c1cc[cH-]c1.c1cc[cH-]c1. The average molecular weight is 349 g/mol. The van der Waals surface area contributed by atoms with Gasteiger partial charge in [-0.1, -0.05) is 13.3 Å². The molecule has 2 rings (SSSR count). The van der Waals surface area contributed by atoms with Crippen LogP contribution in [0, 0.1) is 6.92 Å². The summed E-state index contributed by atoms with van der Waals surface area (Å²) >= 11 is -0.826. The first-order valence-corrected chi connectivity index (χ1v) is 11.7. The fourth-order valence-corrected chi connectivity index (χ4v) is 0.642. The van der Waals surface area contributed by atoms with Crippen LogP contribution in [0.4, 0.5) is 0 Å². The van der Waals surface area contributed by atoms with Crippen molar-refractivity contribution < 1.29 is 20.8 Å². The second kappa shape index (κ2) is 21.4. The first-order chi connectivity index (χ1) is 8.33. The molecule has 0 N–H and O–H groups in total. The Hall–Kier alpha value is 0.163. The van der Waals surface area contributed by atoms with Crippen molar-refractivity contribution in [1.29, 1.82) is 0 Å². The van der Waals surface area contributed by atoms with Gasteiger partial charge in [-0.2, -0.15) is 42.8 Å². The fourth-order valence-electron chi connectivity index (χ4n) is 0.642. The number of halogens is 2. The zero-order valence-corrected chi connectivity index (χ0v) is 14.1. The smallest absolute Gasteiger partial charge is 0.172 e. The largest absolute Gasteiger partial charge is 0.214 e. The molecular weight excluding hydrogens is 330 g/mol. The standard InChI is InChI=1S/2C5H5.C4H9.2ClH.Zr/c2*1-2-4-5-3-1;1-3-4-2;;;/h2*1-5H;1,3-4H2,2H3;2*1H;/q3*-1;;;+2/p-2. The van der Waals surface area contributed by atoms with Crippen LogP contribution in [0.5, 0.6) is 0 Å². The van der Waals surface area contributed by atoms with Crippen molar-refractivity contribution in [2.24, 2.45) is 0 Å². The van der Waals surface area contributed by atoms with Gasteiger partial charge < -0.3 is 6.92 Å². The van der Waals surface area contributed by atoms with E-state index in [9.17, 15) is 0 Å². The summed E-state index contributed by atoms with van der Waals surface area (Å²) in [5.74, 6) is 0. The van der Waals surface area contributed by atoms with E-state index < -0.39 is 20.8 Å². The summed E-state index contributed by atoms with van der Waals surface area (Å²) in [6, 6.07) is 20.0. The molecule has 0 bridgehead atoms.